The number of benzene rings is 1. The zero-order valence-corrected chi connectivity index (χ0v) is 8.30. The molecule has 0 fully saturated rings. The van der Waals surface area contributed by atoms with Gasteiger partial charge in [0.2, 0.25) is 0 Å². The number of aromatic nitrogens is 1. The Hall–Kier alpha value is -1.64. The molecule has 74 valence electrons. The van der Waals surface area contributed by atoms with Crippen molar-refractivity contribution in [2.75, 3.05) is 6.54 Å². The van der Waals surface area contributed by atoms with Crippen LogP contribution in [-0.4, -0.2) is 11.1 Å². The lowest BCUT2D eigenvalue weighted by Crippen LogP contribution is -2.04. The van der Waals surface area contributed by atoms with E-state index >= 15 is 0 Å². The van der Waals surface area contributed by atoms with Crippen molar-refractivity contribution in [2.24, 2.45) is 16.1 Å². The fourth-order valence-corrected chi connectivity index (χ4v) is 2.81. The number of nitrogens with zero attached hydrogens (tertiary/aromatic N) is 3. The Balaban J connectivity index is 2.03. The SMILES string of the molecule is c1ccc2c(c1)cc1n2C[C@@H]2CN=N[C@@H]12. The van der Waals surface area contributed by atoms with Gasteiger partial charge in [-0.05, 0) is 17.5 Å². The Morgan fingerprint density at radius 2 is 2.20 bits per heavy atom. The largest absolute Gasteiger partial charge is 0.342 e. The fourth-order valence-electron chi connectivity index (χ4n) is 2.81. The first-order valence-corrected chi connectivity index (χ1v) is 5.38. The van der Waals surface area contributed by atoms with Gasteiger partial charge in [0.15, 0.2) is 0 Å². The van der Waals surface area contributed by atoms with Crippen LogP contribution in [0.5, 0.6) is 0 Å². The number of rotatable bonds is 0. The Kier molecular flexibility index (Phi) is 1.26. The van der Waals surface area contributed by atoms with Crippen molar-refractivity contribution in [2.45, 2.75) is 12.6 Å². The van der Waals surface area contributed by atoms with E-state index in [4.69, 9.17) is 0 Å². The molecule has 0 spiro atoms. The van der Waals surface area contributed by atoms with Gasteiger partial charge in [-0.1, -0.05) is 18.2 Å². The zero-order valence-electron chi connectivity index (χ0n) is 8.30. The highest BCUT2D eigenvalue weighted by molar-refractivity contribution is 5.81. The molecule has 1 aromatic heterocycles. The molecule has 2 aliphatic heterocycles. The molecule has 15 heavy (non-hydrogen) atoms. The van der Waals surface area contributed by atoms with E-state index < -0.39 is 0 Å². The average Bonchev–Trinajstić information content (AvgIpc) is 2.87. The summed E-state index contributed by atoms with van der Waals surface area (Å²) >= 11 is 0. The second-order valence-corrected chi connectivity index (χ2v) is 4.38. The van der Waals surface area contributed by atoms with E-state index in [1.54, 1.807) is 0 Å². The van der Waals surface area contributed by atoms with Crippen molar-refractivity contribution in [1.29, 1.82) is 0 Å². The van der Waals surface area contributed by atoms with Crippen LogP contribution in [0.2, 0.25) is 0 Å². The molecule has 3 nitrogen and oxygen atoms in total. The molecule has 4 rings (SSSR count). The van der Waals surface area contributed by atoms with Gasteiger partial charge >= 0.3 is 0 Å². The third-order valence-corrected chi connectivity index (χ3v) is 3.53. The Labute approximate surface area is 87.4 Å². The summed E-state index contributed by atoms with van der Waals surface area (Å²) in [6.45, 7) is 1.99. The highest BCUT2D eigenvalue weighted by Crippen LogP contribution is 2.41. The summed E-state index contributed by atoms with van der Waals surface area (Å²) in [5.74, 6) is 0.615. The molecule has 0 bridgehead atoms. The van der Waals surface area contributed by atoms with E-state index in [-0.39, 0.29) is 0 Å². The third-order valence-electron chi connectivity index (χ3n) is 3.53. The number of para-hydroxylation sites is 1. The van der Waals surface area contributed by atoms with Crippen molar-refractivity contribution in [3.8, 4) is 0 Å². The fraction of sp³-hybridized carbons (Fsp3) is 0.333. The molecule has 3 heterocycles. The zero-order chi connectivity index (χ0) is 9.83. The van der Waals surface area contributed by atoms with Gasteiger partial charge in [0.1, 0.15) is 6.04 Å². The number of fused-ring (bicyclic) bond motifs is 5. The Morgan fingerprint density at radius 1 is 1.27 bits per heavy atom. The van der Waals surface area contributed by atoms with Crippen molar-refractivity contribution in [3.05, 3.63) is 36.0 Å². The van der Waals surface area contributed by atoms with E-state index in [1.165, 1.54) is 16.6 Å². The smallest absolute Gasteiger partial charge is 0.117 e. The summed E-state index contributed by atoms with van der Waals surface area (Å²) in [5.41, 5.74) is 2.69. The maximum absolute atomic E-state index is 4.34. The Bertz CT molecular complexity index is 567. The van der Waals surface area contributed by atoms with E-state index in [1.807, 2.05) is 0 Å². The van der Waals surface area contributed by atoms with Crippen LogP contribution in [-0.2, 0) is 6.54 Å². The molecule has 0 saturated heterocycles. The topological polar surface area (TPSA) is 29.6 Å². The first kappa shape index (κ1) is 7.63. The minimum atomic E-state index is 0.331. The predicted octanol–water partition coefficient (Wildman–Crippen LogP) is 2.78. The highest BCUT2D eigenvalue weighted by Gasteiger charge is 2.36. The Morgan fingerprint density at radius 3 is 3.20 bits per heavy atom. The molecule has 0 unspecified atom stereocenters. The number of azo groups is 1. The monoisotopic (exact) mass is 197 g/mol. The third kappa shape index (κ3) is 0.856. The van der Waals surface area contributed by atoms with Gasteiger partial charge in [0.05, 0.1) is 6.54 Å². The van der Waals surface area contributed by atoms with Crippen LogP contribution in [0.1, 0.15) is 11.7 Å². The van der Waals surface area contributed by atoms with Gasteiger partial charge in [-0.3, -0.25) is 0 Å². The highest BCUT2D eigenvalue weighted by atomic mass is 15.2. The normalized spacial score (nSPS) is 27.2. The van der Waals surface area contributed by atoms with Crippen molar-refractivity contribution >= 4 is 10.9 Å². The summed E-state index contributed by atoms with van der Waals surface area (Å²) in [7, 11) is 0. The summed E-state index contributed by atoms with van der Waals surface area (Å²) in [5, 5.41) is 9.81. The van der Waals surface area contributed by atoms with Gasteiger partial charge in [0, 0.05) is 23.7 Å². The van der Waals surface area contributed by atoms with Crippen LogP contribution < -0.4 is 0 Å². The average molecular weight is 197 g/mol. The second-order valence-electron chi connectivity index (χ2n) is 4.38. The van der Waals surface area contributed by atoms with Crippen LogP contribution in [0, 0.1) is 5.92 Å². The minimum absolute atomic E-state index is 0.331. The van der Waals surface area contributed by atoms with E-state index in [9.17, 15) is 0 Å². The summed E-state index contributed by atoms with van der Waals surface area (Å²) in [6, 6.07) is 11.2. The molecule has 0 radical (unpaired) electrons. The second kappa shape index (κ2) is 2.48. The molecular formula is C12H11N3. The maximum Gasteiger partial charge on any atom is 0.117 e. The van der Waals surface area contributed by atoms with Crippen LogP contribution in [0.4, 0.5) is 0 Å². The molecule has 0 aliphatic carbocycles. The molecule has 1 aromatic carbocycles. The molecule has 0 N–H and O–H groups in total. The van der Waals surface area contributed by atoms with Gasteiger partial charge in [0.25, 0.3) is 0 Å². The van der Waals surface area contributed by atoms with Crippen molar-refractivity contribution < 1.29 is 0 Å². The molecular weight excluding hydrogens is 186 g/mol. The standard InChI is InChI=1S/C12H11N3/c1-2-4-10-8(3-1)5-11-12-9(6-13-14-12)7-15(10)11/h1-5,9,12H,6-7H2/t9-,12+/m0/s1. The first-order valence-electron chi connectivity index (χ1n) is 5.38. The van der Waals surface area contributed by atoms with Crippen molar-refractivity contribution in [1.82, 2.24) is 4.57 Å². The van der Waals surface area contributed by atoms with E-state index in [0.717, 1.165) is 13.1 Å². The summed E-state index contributed by atoms with van der Waals surface area (Å²) in [6.07, 6.45) is 0. The van der Waals surface area contributed by atoms with Gasteiger partial charge in [-0.25, -0.2) is 0 Å². The van der Waals surface area contributed by atoms with Gasteiger partial charge < -0.3 is 4.57 Å². The molecule has 2 atom stereocenters. The van der Waals surface area contributed by atoms with Gasteiger partial charge in [-0.15, -0.1) is 0 Å². The molecule has 2 aliphatic rings. The quantitative estimate of drug-likeness (QED) is 0.621. The van der Waals surface area contributed by atoms with Gasteiger partial charge in [-0.2, -0.15) is 10.2 Å². The van der Waals surface area contributed by atoms with Crippen LogP contribution >= 0.6 is 0 Å². The van der Waals surface area contributed by atoms with Crippen LogP contribution in [0.15, 0.2) is 40.6 Å². The molecule has 2 aromatic rings. The summed E-state index contributed by atoms with van der Waals surface area (Å²) in [4.78, 5) is 0. The molecule has 0 amide bonds. The lowest BCUT2D eigenvalue weighted by Gasteiger charge is -2.03. The maximum atomic E-state index is 4.34. The van der Waals surface area contributed by atoms with Crippen LogP contribution in [0.3, 0.4) is 0 Å². The lowest BCUT2D eigenvalue weighted by atomic mass is 10.0. The number of hydrogen-bond donors (Lipinski definition) is 0. The van der Waals surface area contributed by atoms with E-state index in [2.05, 4.69) is 45.1 Å². The lowest BCUT2D eigenvalue weighted by molar-refractivity contribution is 0.512. The minimum Gasteiger partial charge on any atom is -0.342 e. The van der Waals surface area contributed by atoms with E-state index in [0.29, 0.717) is 12.0 Å². The first-order chi connectivity index (χ1) is 7.43. The number of hydrogen-bond acceptors (Lipinski definition) is 2. The molecule has 0 saturated carbocycles. The van der Waals surface area contributed by atoms with Crippen molar-refractivity contribution in [3.63, 3.8) is 0 Å². The predicted molar refractivity (Wildman–Crippen MR) is 57.9 cm³/mol. The molecule has 3 heteroatoms. The van der Waals surface area contributed by atoms with Crippen LogP contribution in [0.25, 0.3) is 10.9 Å². The summed E-state index contributed by atoms with van der Waals surface area (Å²) < 4.78 is 2.41.